The Kier molecular flexibility index (Phi) is 4.64. The van der Waals surface area contributed by atoms with Crippen molar-refractivity contribution in [1.82, 2.24) is 15.1 Å². The molecule has 1 aliphatic heterocycles. The van der Waals surface area contributed by atoms with Gasteiger partial charge in [0.1, 0.15) is 5.76 Å². The van der Waals surface area contributed by atoms with Crippen LogP contribution in [0.3, 0.4) is 0 Å². The third-order valence-corrected chi connectivity index (χ3v) is 3.21. The van der Waals surface area contributed by atoms with Gasteiger partial charge in [-0.1, -0.05) is 0 Å². The Morgan fingerprint density at radius 1 is 1.56 bits per heavy atom. The fourth-order valence-corrected chi connectivity index (χ4v) is 2.03. The summed E-state index contributed by atoms with van der Waals surface area (Å²) in [6.07, 6.45) is 3.04. The maximum atomic E-state index is 5.34. The van der Waals surface area contributed by atoms with E-state index >= 15 is 0 Å². The number of likely N-dealkylation sites (tertiary alicyclic amines) is 1. The molecular weight excluding hydrogens is 228 g/mol. The van der Waals surface area contributed by atoms with Crippen LogP contribution in [-0.4, -0.2) is 56.0 Å². The van der Waals surface area contributed by atoms with Crippen LogP contribution < -0.4 is 5.32 Å². The van der Waals surface area contributed by atoms with E-state index in [1.807, 2.05) is 26.2 Å². The van der Waals surface area contributed by atoms with Crippen LogP contribution in [0.25, 0.3) is 0 Å². The molecule has 1 aromatic heterocycles. The van der Waals surface area contributed by atoms with E-state index < -0.39 is 0 Å². The molecule has 2 heterocycles. The van der Waals surface area contributed by atoms with Gasteiger partial charge in [0.25, 0.3) is 0 Å². The van der Waals surface area contributed by atoms with Crippen LogP contribution in [0.4, 0.5) is 0 Å². The Balaban J connectivity index is 1.73. The lowest BCUT2D eigenvalue weighted by atomic mass is 10.2. The molecule has 0 unspecified atom stereocenters. The fraction of sp³-hybridized carbons (Fsp3) is 0.615. The average Bonchev–Trinajstić information content (AvgIpc) is 2.79. The second-order valence-electron chi connectivity index (χ2n) is 4.60. The van der Waals surface area contributed by atoms with E-state index in [0.717, 1.165) is 31.4 Å². The van der Waals surface area contributed by atoms with Crippen LogP contribution in [0.5, 0.6) is 0 Å². The number of hydrogen-bond acceptors (Lipinski definition) is 3. The molecule has 0 bridgehead atoms. The van der Waals surface area contributed by atoms with Gasteiger partial charge in [0.2, 0.25) is 0 Å². The van der Waals surface area contributed by atoms with Crippen molar-refractivity contribution in [3.8, 4) is 0 Å². The summed E-state index contributed by atoms with van der Waals surface area (Å²) in [4.78, 5) is 8.78. The predicted octanol–water partition coefficient (Wildman–Crippen LogP) is 0.992. The molecule has 0 amide bonds. The zero-order valence-electron chi connectivity index (χ0n) is 11.2. The molecule has 1 saturated heterocycles. The number of furan rings is 1. The molecule has 5 nitrogen and oxygen atoms in total. The van der Waals surface area contributed by atoms with Crippen molar-refractivity contribution in [1.29, 1.82) is 0 Å². The van der Waals surface area contributed by atoms with Crippen LogP contribution >= 0.6 is 0 Å². The van der Waals surface area contributed by atoms with Gasteiger partial charge in [-0.15, -0.1) is 0 Å². The highest BCUT2D eigenvalue weighted by atomic mass is 16.3. The molecule has 0 aromatic carbocycles. The van der Waals surface area contributed by atoms with Gasteiger partial charge >= 0.3 is 0 Å². The summed E-state index contributed by atoms with van der Waals surface area (Å²) >= 11 is 0. The fourth-order valence-electron chi connectivity index (χ4n) is 2.03. The Hall–Kier alpha value is -1.49. The molecule has 0 spiro atoms. The monoisotopic (exact) mass is 250 g/mol. The van der Waals surface area contributed by atoms with E-state index in [1.165, 1.54) is 19.5 Å². The summed E-state index contributed by atoms with van der Waals surface area (Å²) in [6.45, 7) is 5.24. The zero-order chi connectivity index (χ0) is 12.8. The van der Waals surface area contributed by atoms with Gasteiger partial charge in [-0.05, 0) is 31.6 Å². The molecule has 5 heteroatoms. The first kappa shape index (κ1) is 13.0. The first-order chi connectivity index (χ1) is 8.79. The number of rotatable bonds is 5. The lowest BCUT2D eigenvalue weighted by molar-refractivity contribution is 0.184. The SMILES string of the molecule is CN=C(NCCN1CCC1)N(C)Cc1ccco1. The van der Waals surface area contributed by atoms with Gasteiger partial charge in [0, 0.05) is 27.2 Å². The summed E-state index contributed by atoms with van der Waals surface area (Å²) in [5, 5.41) is 3.37. The number of guanidine groups is 1. The number of nitrogens with one attached hydrogen (secondary N) is 1. The van der Waals surface area contributed by atoms with Crippen LogP contribution in [0, 0.1) is 0 Å². The maximum absolute atomic E-state index is 5.34. The molecule has 0 radical (unpaired) electrons. The molecule has 1 fully saturated rings. The maximum Gasteiger partial charge on any atom is 0.193 e. The topological polar surface area (TPSA) is 44.0 Å². The van der Waals surface area contributed by atoms with E-state index in [2.05, 4.69) is 20.1 Å². The van der Waals surface area contributed by atoms with Crippen molar-refractivity contribution in [2.75, 3.05) is 40.3 Å². The van der Waals surface area contributed by atoms with Crippen molar-refractivity contribution in [3.05, 3.63) is 24.2 Å². The van der Waals surface area contributed by atoms with E-state index in [-0.39, 0.29) is 0 Å². The molecule has 100 valence electrons. The van der Waals surface area contributed by atoms with Gasteiger partial charge in [-0.25, -0.2) is 0 Å². The molecule has 0 atom stereocenters. The molecular formula is C13H22N4O. The minimum Gasteiger partial charge on any atom is -0.467 e. The van der Waals surface area contributed by atoms with E-state index in [4.69, 9.17) is 4.42 Å². The summed E-state index contributed by atoms with van der Waals surface area (Å²) < 4.78 is 5.34. The number of nitrogens with zero attached hydrogens (tertiary/aromatic N) is 3. The normalized spacial score (nSPS) is 16.4. The Labute approximate surface area is 108 Å². The molecule has 0 aliphatic carbocycles. The Morgan fingerprint density at radius 2 is 2.39 bits per heavy atom. The van der Waals surface area contributed by atoms with Crippen molar-refractivity contribution >= 4 is 5.96 Å². The van der Waals surface area contributed by atoms with Gasteiger partial charge in [-0.3, -0.25) is 4.99 Å². The van der Waals surface area contributed by atoms with Gasteiger partial charge in [0.05, 0.1) is 12.8 Å². The zero-order valence-corrected chi connectivity index (χ0v) is 11.2. The van der Waals surface area contributed by atoms with Crippen LogP contribution in [0.15, 0.2) is 27.8 Å². The quantitative estimate of drug-likeness (QED) is 0.625. The highest BCUT2D eigenvalue weighted by molar-refractivity contribution is 5.79. The highest BCUT2D eigenvalue weighted by Gasteiger charge is 2.13. The van der Waals surface area contributed by atoms with Crippen molar-refractivity contribution in [2.24, 2.45) is 4.99 Å². The minimum atomic E-state index is 0.733. The third-order valence-electron chi connectivity index (χ3n) is 3.21. The average molecular weight is 250 g/mol. The predicted molar refractivity (Wildman–Crippen MR) is 72.6 cm³/mol. The van der Waals surface area contributed by atoms with Crippen LogP contribution in [0.1, 0.15) is 12.2 Å². The molecule has 18 heavy (non-hydrogen) atoms. The van der Waals surface area contributed by atoms with Crippen LogP contribution in [-0.2, 0) is 6.54 Å². The van der Waals surface area contributed by atoms with Crippen molar-refractivity contribution < 1.29 is 4.42 Å². The molecule has 1 N–H and O–H groups in total. The number of hydrogen-bond donors (Lipinski definition) is 1. The highest BCUT2D eigenvalue weighted by Crippen LogP contribution is 2.05. The largest absolute Gasteiger partial charge is 0.467 e. The lowest BCUT2D eigenvalue weighted by Crippen LogP contribution is -2.45. The first-order valence-corrected chi connectivity index (χ1v) is 6.46. The van der Waals surface area contributed by atoms with Gasteiger partial charge < -0.3 is 19.5 Å². The van der Waals surface area contributed by atoms with Crippen molar-refractivity contribution in [3.63, 3.8) is 0 Å². The molecule has 0 saturated carbocycles. The van der Waals surface area contributed by atoms with Crippen LogP contribution in [0.2, 0.25) is 0 Å². The number of aliphatic imine (C=N–C) groups is 1. The summed E-state index contributed by atoms with van der Waals surface area (Å²) in [5.74, 6) is 1.86. The summed E-state index contributed by atoms with van der Waals surface area (Å²) in [5.41, 5.74) is 0. The summed E-state index contributed by atoms with van der Waals surface area (Å²) in [7, 11) is 3.83. The molecule has 1 aliphatic rings. The Morgan fingerprint density at radius 3 is 2.94 bits per heavy atom. The van der Waals surface area contributed by atoms with E-state index in [9.17, 15) is 0 Å². The lowest BCUT2D eigenvalue weighted by Gasteiger charge is -2.31. The second kappa shape index (κ2) is 6.44. The van der Waals surface area contributed by atoms with E-state index in [1.54, 1.807) is 6.26 Å². The smallest absolute Gasteiger partial charge is 0.193 e. The van der Waals surface area contributed by atoms with Crippen molar-refractivity contribution in [2.45, 2.75) is 13.0 Å². The molecule has 1 aromatic rings. The minimum absolute atomic E-state index is 0.733. The third kappa shape index (κ3) is 3.50. The Bertz CT molecular complexity index is 370. The van der Waals surface area contributed by atoms with E-state index in [0.29, 0.717) is 0 Å². The standard InChI is InChI=1S/C13H22N4O/c1-14-13(15-6-9-17-7-4-8-17)16(2)11-12-5-3-10-18-12/h3,5,10H,4,6-9,11H2,1-2H3,(H,14,15). The first-order valence-electron chi connectivity index (χ1n) is 6.46. The molecule has 2 rings (SSSR count). The summed E-state index contributed by atoms with van der Waals surface area (Å²) in [6, 6.07) is 3.88. The van der Waals surface area contributed by atoms with Gasteiger partial charge in [-0.2, -0.15) is 0 Å². The second-order valence-corrected chi connectivity index (χ2v) is 4.60. The van der Waals surface area contributed by atoms with Gasteiger partial charge in [0.15, 0.2) is 5.96 Å².